The molecular weight excluding hydrogens is 570 g/mol. The first-order valence-corrected chi connectivity index (χ1v) is 15.8. The molecular formula is C35H47N5O5. The molecule has 10 heteroatoms. The molecule has 0 saturated carbocycles. The predicted molar refractivity (Wildman–Crippen MR) is 177 cm³/mol. The molecule has 1 aliphatic rings. The number of nitrogens with zero attached hydrogens (tertiary/aromatic N) is 3. The summed E-state index contributed by atoms with van der Waals surface area (Å²) >= 11 is 0. The second-order valence-electron chi connectivity index (χ2n) is 12.0. The van der Waals surface area contributed by atoms with Crippen LogP contribution in [0.25, 0.3) is 0 Å². The van der Waals surface area contributed by atoms with Gasteiger partial charge in [-0.3, -0.25) is 14.7 Å². The number of aromatic nitrogens is 1. The summed E-state index contributed by atoms with van der Waals surface area (Å²) in [5.41, 5.74) is 2.61. The lowest BCUT2D eigenvalue weighted by atomic mass is 10.0. The number of para-hydroxylation sites is 1. The van der Waals surface area contributed by atoms with Crippen LogP contribution in [0.1, 0.15) is 56.0 Å². The van der Waals surface area contributed by atoms with E-state index in [1.807, 2.05) is 44.2 Å². The van der Waals surface area contributed by atoms with Gasteiger partial charge in [-0.1, -0.05) is 25.1 Å². The number of fused-ring (bicyclic) bond motifs is 1. The van der Waals surface area contributed by atoms with Crippen LogP contribution in [-0.2, 0) is 11.3 Å². The molecule has 1 aromatic heterocycles. The van der Waals surface area contributed by atoms with Crippen molar-refractivity contribution in [3.8, 4) is 5.75 Å². The lowest BCUT2D eigenvalue weighted by Crippen LogP contribution is -2.47. The highest BCUT2D eigenvalue weighted by Crippen LogP contribution is 2.28. The van der Waals surface area contributed by atoms with Gasteiger partial charge in [0.15, 0.2) is 0 Å². The highest BCUT2D eigenvalue weighted by atomic mass is 16.5. The van der Waals surface area contributed by atoms with Gasteiger partial charge in [-0.05, 0) is 88.2 Å². The number of amides is 3. The first-order valence-electron chi connectivity index (χ1n) is 15.8. The second kappa shape index (κ2) is 16.9. The minimum absolute atomic E-state index is 0.0352. The smallest absolute Gasteiger partial charge is 0.323 e. The molecule has 4 rings (SSSR count). The Morgan fingerprint density at radius 3 is 2.53 bits per heavy atom. The SMILES string of the molecule is C[C@@H]1CCCCO[C@@H](CN(C)Cc2ccncc2)[C@@H](C)CN([C@@H](C)CO)C(=O)c2cc(NC(=O)Nc3ccccc3)ccc2O1. The standard InChI is InChI=1S/C35H47N5O5/c1-25-21-40(26(2)24-41)34(42)31-20-30(38-35(43)37-29-11-6-5-7-12-29)13-14-32(31)45-27(3)10-8-9-19-44-33(25)23-39(4)22-28-15-17-36-18-16-28/h5-7,11-18,20,25-27,33,41H,8-10,19,21-24H2,1-4H3,(H2,37,38,43)/t25-,26-,27+,33-/m0/s1. The highest BCUT2D eigenvalue weighted by Gasteiger charge is 2.30. The summed E-state index contributed by atoms with van der Waals surface area (Å²) in [6, 6.07) is 17.4. The van der Waals surface area contributed by atoms with Gasteiger partial charge in [-0.2, -0.15) is 0 Å². The van der Waals surface area contributed by atoms with Crippen molar-refractivity contribution in [1.82, 2.24) is 14.8 Å². The third-order valence-corrected chi connectivity index (χ3v) is 8.03. The van der Waals surface area contributed by atoms with E-state index in [0.717, 1.165) is 25.8 Å². The maximum absolute atomic E-state index is 14.3. The summed E-state index contributed by atoms with van der Waals surface area (Å²) in [6.07, 6.45) is 5.94. The number of carbonyl (C=O) groups is 2. The lowest BCUT2D eigenvalue weighted by Gasteiger charge is -2.36. The van der Waals surface area contributed by atoms with Gasteiger partial charge < -0.3 is 30.1 Å². The van der Waals surface area contributed by atoms with Gasteiger partial charge in [0.25, 0.3) is 5.91 Å². The van der Waals surface area contributed by atoms with Crippen molar-refractivity contribution in [3.05, 3.63) is 84.2 Å². The molecule has 10 nitrogen and oxygen atoms in total. The monoisotopic (exact) mass is 617 g/mol. The van der Waals surface area contributed by atoms with Gasteiger partial charge in [-0.15, -0.1) is 0 Å². The van der Waals surface area contributed by atoms with E-state index in [1.54, 1.807) is 47.6 Å². The van der Waals surface area contributed by atoms with Crippen LogP contribution in [-0.4, -0.2) is 83.4 Å². The quantitative estimate of drug-likeness (QED) is 0.299. The number of aliphatic hydroxyl groups is 1. The van der Waals surface area contributed by atoms with Crippen molar-refractivity contribution in [2.24, 2.45) is 5.92 Å². The maximum atomic E-state index is 14.3. The van der Waals surface area contributed by atoms with Gasteiger partial charge in [-0.25, -0.2) is 4.79 Å². The molecule has 0 radical (unpaired) electrons. The molecule has 0 aliphatic carbocycles. The summed E-state index contributed by atoms with van der Waals surface area (Å²) in [7, 11) is 2.07. The summed E-state index contributed by atoms with van der Waals surface area (Å²) in [5, 5.41) is 15.8. The molecule has 2 aromatic carbocycles. The fraction of sp³-hybridized carbons (Fsp3) is 0.457. The minimum atomic E-state index is -0.452. The molecule has 4 atom stereocenters. The van der Waals surface area contributed by atoms with Crippen LogP contribution >= 0.6 is 0 Å². The van der Waals surface area contributed by atoms with E-state index in [2.05, 4.69) is 34.5 Å². The zero-order valence-electron chi connectivity index (χ0n) is 26.8. The molecule has 3 aromatic rings. The minimum Gasteiger partial charge on any atom is -0.490 e. The molecule has 1 aliphatic heterocycles. The molecule has 0 fully saturated rings. The van der Waals surface area contributed by atoms with E-state index in [0.29, 0.717) is 42.4 Å². The molecule has 45 heavy (non-hydrogen) atoms. The molecule has 242 valence electrons. The van der Waals surface area contributed by atoms with Gasteiger partial charge in [0, 0.05) is 55.9 Å². The number of rotatable bonds is 8. The Hall–Kier alpha value is -3.99. The number of nitrogens with one attached hydrogen (secondary N) is 2. The number of anilines is 2. The molecule has 0 spiro atoms. The topological polar surface area (TPSA) is 116 Å². The lowest BCUT2D eigenvalue weighted by molar-refractivity contribution is -0.0177. The molecule has 2 heterocycles. The van der Waals surface area contributed by atoms with Crippen LogP contribution in [0.5, 0.6) is 5.75 Å². The summed E-state index contributed by atoms with van der Waals surface area (Å²) in [4.78, 5) is 35.1. The number of pyridine rings is 1. The van der Waals surface area contributed by atoms with Crippen LogP contribution < -0.4 is 15.4 Å². The van der Waals surface area contributed by atoms with Gasteiger partial charge >= 0.3 is 6.03 Å². The first kappa shape index (κ1) is 33.9. The normalized spacial score (nSPS) is 20.4. The number of likely N-dealkylation sites (N-methyl/N-ethyl adjacent to an activating group) is 1. The zero-order chi connectivity index (χ0) is 32.2. The van der Waals surface area contributed by atoms with Crippen LogP contribution in [0.2, 0.25) is 0 Å². The van der Waals surface area contributed by atoms with E-state index in [1.165, 1.54) is 5.56 Å². The first-order chi connectivity index (χ1) is 21.7. The largest absolute Gasteiger partial charge is 0.490 e. The van der Waals surface area contributed by atoms with Crippen molar-refractivity contribution in [1.29, 1.82) is 0 Å². The van der Waals surface area contributed by atoms with Crippen LogP contribution in [0.3, 0.4) is 0 Å². The van der Waals surface area contributed by atoms with Crippen LogP contribution in [0.15, 0.2) is 73.1 Å². The number of aliphatic hydroxyl groups excluding tert-OH is 1. The van der Waals surface area contributed by atoms with Crippen molar-refractivity contribution >= 4 is 23.3 Å². The molecule has 0 unspecified atom stereocenters. The summed E-state index contributed by atoms with van der Waals surface area (Å²) in [6.45, 7) is 8.13. The molecule has 3 N–H and O–H groups in total. The zero-order valence-corrected chi connectivity index (χ0v) is 26.8. The predicted octanol–water partition coefficient (Wildman–Crippen LogP) is 5.65. The van der Waals surface area contributed by atoms with E-state index >= 15 is 0 Å². The van der Waals surface area contributed by atoms with Gasteiger partial charge in [0.1, 0.15) is 5.75 Å². The summed E-state index contributed by atoms with van der Waals surface area (Å²) in [5.74, 6) is 0.136. The Kier molecular flexibility index (Phi) is 12.7. The third kappa shape index (κ3) is 10.3. The fourth-order valence-corrected chi connectivity index (χ4v) is 5.45. The van der Waals surface area contributed by atoms with Crippen LogP contribution in [0.4, 0.5) is 16.2 Å². The van der Waals surface area contributed by atoms with E-state index in [4.69, 9.17) is 9.47 Å². The van der Waals surface area contributed by atoms with Gasteiger partial charge in [0.05, 0.1) is 30.4 Å². The average Bonchev–Trinajstić information content (AvgIpc) is 3.03. The van der Waals surface area contributed by atoms with Crippen molar-refractivity contribution in [2.45, 2.75) is 64.8 Å². The number of carbonyl (C=O) groups excluding carboxylic acids is 2. The number of hydrogen-bond donors (Lipinski definition) is 3. The van der Waals surface area contributed by atoms with Crippen LogP contribution in [0, 0.1) is 5.92 Å². The maximum Gasteiger partial charge on any atom is 0.323 e. The van der Waals surface area contributed by atoms with E-state index in [-0.39, 0.29) is 30.6 Å². The molecule has 0 bridgehead atoms. The molecule has 0 saturated heterocycles. The Morgan fingerprint density at radius 1 is 1.07 bits per heavy atom. The van der Waals surface area contributed by atoms with Gasteiger partial charge in [0.2, 0.25) is 0 Å². The Bertz CT molecular complexity index is 1360. The number of urea groups is 1. The van der Waals surface area contributed by atoms with E-state index in [9.17, 15) is 14.7 Å². The highest BCUT2D eigenvalue weighted by molar-refractivity contribution is 6.02. The fourth-order valence-electron chi connectivity index (χ4n) is 5.45. The third-order valence-electron chi connectivity index (χ3n) is 8.03. The van der Waals surface area contributed by atoms with E-state index < -0.39 is 12.1 Å². The van der Waals surface area contributed by atoms with Crippen molar-refractivity contribution in [2.75, 3.05) is 44.0 Å². The summed E-state index contributed by atoms with van der Waals surface area (Å²) < 4.78 is 12.8. The Labute approximate surface area is 266 Å². The van der Waals surface area contributed by atoms with Crippen molar-refractivity contribution < 1.29 is 24.2 Å². The average molecular weight is 618 g/mol. The number of hydrogen-bond acceptors (Lipinski definition) is 7. The number of ether oxygens (including phenoxy) is 2. The Morgan fingerprint density at radius 2 is 1.80 bits per heavy atom. The number of benzene rings is 2. The second-order valence-corrected chi connectivity index (χ2v) is 12.0. The molecule has 3 amide bonds. The Balaban J connectivity index is 1.59. The van der Waals surface area contributed by atoms with Crippen molar-refractivity contribution in [3.63, 3.8) is 0 Å².